The van der Waals surface area contributed by atoms with Crippen LogP contribution in [0, 0.1) is 5.92 Å². The van der Waals surface area contributed by atoms with Gasteiger partial charge < -0.3 is 19.5 Å². The summed E-state index contributed by atoms with van der Waals surface area (Å²) in [4.78, 5) is 2.49. The first-order valence-corrected chi connectivity index (χ1v) is 8.33. The van der Waals surface area contributed by atoms with Crippen LogP contribution < -0.4 is 5.32 Å². The molecule has 1 fully saturated rings. The van der Waals surface area contributed by atoms with E-state index in [4.69, 9.17) is 14.2 Å². The molecule has 1 N–H and O–H groups in total. The zero-order valence-electron chi connectivity index (χ0n) is 14.1. The summed E-state index contributed by atoms with van der Waals surface area (Å²) in [5.41, 5.74) is 0. The molecule has 1 rings (SSSR count). The van der Waals surface area contributed by atoms with Crippen LogP contribution >= 0.6 is 0 Å². The zero-order valence-corrected chi connectivity index (χ0v) is 14.1. The molecule has 0 spiro atoms. The van der Waals surface area contributed by atoms with Crippen LogP contribution in [0.15, 0.2) is 0 Å². The van der Waals surface area contributed by atoms with Crippen molar-refractivity contribution in [3.8, 4) is 0 Å². The van der Waals surface area contributed by atoms with E-state index in [1.807, 2.05) is 0 Å². The summed E-state index contributed by atoms with van der Waals surface area (Å²) in [6.45, 7) is 9.84. The summed E-state index contributed by atoms with van der Waals surface area (Å²) < 4.78 is 16.0. The normalized spacial score (nSPS) is 20.3. The lowest BCUT2D eigenvalue weighted by atomic mass is 9.98. The average Bonchev–Trinajstić information content (AvgIpc) is 3.02. The van der Waals surface area contributed by atoms with Crippen LogP contribution in [0.3, 0.4) is 0 Å². The Morgan fingerprint density at radius 3 is 2.67 bits per heavy atom. The fourth-order valence-corrected chi connectivity index (χ4v) is 2.81. The molecule has 0 radical (unpaired) electrons. The van der Waals surface area contributed by atoms with E-state index in [9.17, 15) is 0 Å². The van der Waals surface area contributed by atoms with Crippen molar-refractivity contribution in [1.29, 1.82) is 0 Å². The van der Waals surface area contributed by atoms with Crippen LogP contribution in [0.25, 0.3) is 0 Å². The van der Waals surface area contributed by atoms with E-state index in [-0.39, 0.29) is 0 Å². The Hall–Kier alpha value is -0.200. The van der Waals surface area contributed by atoms with Crippen molar-refractivity contribution >= 4 is 0 Å². The van der Waals surface area contributed by atoms with Crippen LogP contribution in [-0.4, -0.2) is 77.8 Å². The Bertz CT molecular complexity index is 236. The van der Waals surface area contributed by atoms with Gasteiger partial charge in [0.1, 0.15) is 0 Å². The lowest BCUT2D eigenvalue weighted by molar-refractivity contribution is 0.115. The summed E-state index contributed by atoms with van der Waals surface area (Å²) in [6.07, 6.45) is 3.42. The molecule has 1 aliphatic heterocycles. The number of nitrogens with zero attached hydrogens (tertiary/aromatic N) is 1. The third kappa shape index (κ3) is 8.12. The van der Waals surface area contributed by atoms with E-state index in [0.29, 0.717) is 12.0 Å². The first-order valence-electron chi connectivity index (χ1n) is 8.33. The predicted octanol–water partition coefficient (Wildman–Crippen LogP) is 1.38. The van der Waals surface area contributed by atoms with E-state index in [0.717, 1.165) is 59.0 Å². The maximum Gasteiger partial charge on any atom is 0.0589 e. The van der Waals surface area contributed by atoms with E-state index in [1.54, 1.807) is 14.2 Å². The lowest BCUT2D eigenvalue weighted by Gasteiger charge is -2.31. The third-order valence-electron chi connectivity index (χ3n) is 4.08. The summed E-state index contributed by atoms with van der Waals surface area (Å²) in [6, 6.07) is 0.520. The number of hydrogen-bond acceptors (Lipinski definition) is 5. The largest absolute Gasteiger partial charge is 0.385 e. The van der Waals surface area contributed by atoms with Crippen LogP contribution in [-0.2, 0) is 14.2 Å². The molecule has 0 bridgehead atoms. The quantitative estimate of drug-likeness (QED) is 0.521. The van der Waals surface area contributed by atoms with Gasteiger partial charge in [-0.15, -0.1) is 0 Å². The van der Waals surface area contributed by atoms with Gasteiger partial charge in [0.05, 0.1) is 13.2 Å². The van der Waals surface area contributed by atoms with E-state index >= 15 is 0 Å². The minimum atomic E-state index is 0.520. The fourth-order valence-electron chi connectivity index (χ4n) is 2.81. The van der Waals surface area contributed by atoms with E-state index in [2.05, 4.69) is 17.1 Å². The highest BCUT2D eigenvalue weighted by Crippen LogP contribution is 2.18. The Morgan fingerprint density at radius 2 is 2.05 bits per heavy atom. The monoisotopic (exact) mass is 302 g/mol. The number of rotatable bonds is 13. The van der Waals surface area contributed by atoms with Gasteiger partial charge in [-0.2, -0.15) is 0 Å². The van der Waals surface area contributed by atoms with Gasteiger partial charge >= 0.3 is 0 Å². The SMILES string of the molecule is CCCNC(CN(CCCOC)CCOC)C1CCOC1. The second kappa shape index (κ2) is 12.4. The van der Waals surface area contributed by atoms with Crippen molar-refractivity contribution in [2.75, 3.05) is 66.8 Å². The van der Waals surface area contributed by atoms with Gasteiger partial charge in [0.25, 0.3) is 0 Å². The maximum atomic E-state index is 5.58. The summed E-state index contributed by atoms with van der Waals surface area (Å²) in [5, 5.41) is 3.71. The first kappa shape index (κ1) is 18.8. The van der Waals surface area contributed by atoms with Crippen molar-refractivity contribution < 1.29 is 14.2 Å². The average molecular weight is 302 g/mol. The molecule has 0 aliphatic carbocycles. The molecule has 5 heteroatoms. The highest BCUT2D eigenvalue weighted by molar-refractivity contribution is 4.82. The van der Waals surface area contributed by atoms with Gasteiger partial charge in [-0.1, -0.05) is 6.92 Å². The third-order valence-corrected chi connectivity index (χ3v) is 4.08. The van der Waals surface area contributed by atoms with Crippen LogP contribution in [0.2, 0.25) is 0 Å². The van der Waals surface area contributed by atoms with E-state index < -0.39 is 0 Å². The number of nitrogens with one attached hydrogen (secondary N) is 1. The van der Waals surface area contributed by atoms with Gasteiger partial charge in [-0.05, 0) is 25.8 Å². The molecule has 2 unspecified atom stereocenters. The van der Waals surface area contributed by atoms with Crippen molar-refractivity contribution in [1.82, 2.24) is 10.2 Å². The second-order valence-corrected chi connectivity index (χ2v) is 5.82. The van der Waals surface area contributed by atoms with Gasteiger partial charge in [0.2, 0.25) is 0 Å². The second-order valence-electron chi connectivity index (χ2n) is 5.82. The predicted molar refractivity (Wildman–Crippen MR) is 85.8 cm³/mol. The van der Waals surface area contributed by atoms with E-state index in [1.165, 1.54) is 12.8 Å². The standard InChI is InChI=1S/C16H34N2O3/c1-4-7-17-16(15-6-11-21-14-15)13-18(9-12-20-3)8-5-10-19-2/h15-17H,4-14H2,1-3H3. The number of methoxy groups -OCH3 is 2. The molecule has 0 aromatic carbocycles. The number of hydrogen-bond donors (Lipinski definition) is 1. The smallest absolute Gasteiger partial charge is 0.0589 e. The number of ether oxygens (including phenoxy) is 3. The van der Waals surface area contributed by atoms with Gasteiger partial charge in [-0.25, -0.2) is 0 Å². The molecular weight excluding hydrogens is 268 g/mol. The summed E-state index contributed by atoms with van der Waals surface area (Å²) in [5.74, 6) is 0.643. The molecule has 0 aromatic heterocycles. The van der Waals surface area contributed by atoms with Crippen LogP contribution in [0.4, 0.5) is 0 Å². The molecule has 0 aromatic rings. The van der Waals surface area contributed by atoms with Gasteiger partial charge in [0, 0.05) is 59.0 Å². The summed E-state index contributed by atoms with van der Waals surface area (Å²) >= 11 is 0. The highest BCUT2D eigenvalue weighted by Gasteiger charge is 2.26. The molecule has 0 amide bonds. The molecule has 0 saturated carbocycles. The molecule has 1 heterocycles. The van der Waals surface area contributed by atoms with Crippen molar-refractivity contribution in [2.45, 2.75) is 32.2 Å². The van der Waals surface area contributed by atoms with Gasteiger partial charge in [0.15, 0.2) is 0 Å². The molecule has 5 nitrogen and oxygen atoms in total. The fraction of sp³-hybridized carbons (Fsp3) is 1.00. The van der Waals surface area contributed by atoms with Crippen LogP contribution in [0.5, 0.6) is 0 Å². The Labute approximate surface area is 130 Å². The van der Waals surface area contributed by atoms with Crippen molar-refractivity contribution in [2.24, 2.45) is 5.92 Å². The minimum absolute atomic E-state index is 0.520. The molecular formula is C16H34N2O3. The molecule has 1 aliphatic rings. The molecule has 2 atom stereocenters. The van der Waals surface area contributed by atoms with Crippen molar-refractivity contribution in [3.63, 3.8) is 0 Å². The maximum absolute atomic E-state index is 5.58. The zero-order chi connectivity index (χ0) is 15.3. The highest BCUT2D eigenvalue weighted by atomic mass is 16.5. The Morgan fingerprint density at radius 1 is 1.24 bits per heavy atom. The van der Waals surface area contributed by atoms with Crippen LogP contribution in [0.1, 0.15) is 26.2 Å². The minimum Gasteiger partial charge on any atom is -0.385 e. The lowest BCUT2D eigenvalue weighted by Crippen LogP contribution is -2.47. The molecule has 1 saturated heterocycles. The Balaban J connectivity index is 2.46. The Kier molecular flexibility index (Phi) is 11.1. The van der Waals surface area contributed by atoms with Crippen molar-refractivity contribution in [3.05, 3.63) is 0 Å². The van der Waals surface area contributed by atoms with Gasteiger partial charge in [-0.3, -0.25) is 4.90 Å². The summed E-state index contributed by atoms with van der Waals surface area (Å²) in [7, 11) is 3.53. The molecule has 126 valence electrons. The first-order chi connectivity index (χ1) is 10.3. The topological polar surface area (TPSA) is 43.0 Å². The molecule has 21 heavy (non-hydrogen) atoms.